The van der Waals surface area contributed by atoms with E-state index in [1.54, 1.807) is 0 Å². The van der Waals surface area contributed by atoms with Crippen LogP contribution in [0.1, 0.15) is 18.1 Å². The summed E-state index contributed by atoms with van der Waals surface area (Å²) in [5.74, 6) is 0. The average molecular weight is 317 g/mol. The van der Waals surface area contributed by atoms with Crippen LogP contribution < -0.4 is 0 Å². The lowest BCUT2D eigenvalue weighted by atomic mass is 9.89. The minimum atomic E-state index is -0.270. The van der Waals surface area contributed by atoms with Gasteiger partial charge in [0, 0.05) is 19.6 Å². The molecule has 1 aliphatic rings. The van der Waals surface area contributed by atoms with Crippen LogP contribution in [0.4, 0.5) is 0 Å². The lowest BCUT2D eigenvalue weighted by molar-refractivity contribution is -0.104. The molecule has 2 heteroatoms. The summed E-state index contributed by atoms with van der Waals surface area (Å²) in [4.78, 5) is 2.50. The van der Waals surface area contributed by atoms with Gasteiger partial charge in [-0.15, -0.1) is 0 Å². The van der Waals surface area contributed by atoms with Gasteiger partial charge < -0.3 is 4.74 Å². The summed E-state index contributed by atoms with van der Waals surface area (Å²) >= 11 is 0. The molecule has 0 aromatic heterocycles. The van der Waals surface area contributed by atoms with Crippen LogP contribution in [0.25, 0.3) is 10.8 Å². The smallest absolute Gasteiger partial charge is 0.104 e. The van der Waals surface area contributed by atoms with E-state index >= 15 is 0 Å². The summed E-state index contributed by atoms with van der Waals surface area (Å²) in [5.41, 5.74) is 2.38. The Labute approximate surface area is 143 Å². The maximum Gasteiger partial charge on any atom is 0.104 e. The molecule has 1 heterocycles. The Morgan fingerprint density at radius 1 is 0.917 bits per heavy atom. The van der Waals surface area contributed by atoms with Gasteiger partial charge in [0.2, 0.25) is 0 Å². The minimum Gasteiger partial charge on any atom is -0.368 e. The van der Waals surface area contributed by atoms with Crippen LogP contribution in [0.15, 0.2) is 72.8 Å². The first kappa shape index (κ1) is 15.4. The molecule has 0 N–H and O–H groups in total. The molecule has 4 rings (SSSR count). The van der Waals surface area contributed by atoms with Crippen molar-refractivity contribution in [2.24, 2.45) is 0 Å². The molecule has 0 bridgehead atoms. The highest BCUT2D eigenvalue weighted by atomic mass is 16.5. The van der Waals surface area contributed by atoms with Gasteiger partial charge in [-0.3, -0.25) is 4.90 Å². The summed E-state index contributed by atoms with van der Waals surface area (Å²) in [6.07, 6.45) is 0. The van der Waals surface area contributed by atoms with Crippen molar-refractivity contribution in [2.75, 3.05) is 19.7 Å². The molecule has 0 amide bonds. The van der Waals surface area contributed by atoms with E-state index in [0.29, 0.717) is 0 Å². The first-order chi connectivity index (χ1) is 11.7. The van der Waals surface area contributed by atoms with Gasteiger partial charge in [-0.25, -0.2) is 0 Å². The van der Waals surface area contributed by atoms with Crippen LogP contribution in [0.3, 0.4) is 0 Å². The van der Waals surface area contributed by atoms with E-state index in [1.165, 1.54) is 21.9 Å². The number of hydrogen-bond acceptors (Lipinski definition) is 2. The van der Waals surface area contributed by atoms with Gasteiger partial charge in [-0.2, -0.15) is 0 Å². The molecule has 0 radical (unpaired) electrons. The Kier molecular flexibility index (Phi) is 4.09. The van der Waals surface area contributed by atoms with Crippen molar-refractivity contribution in [3.05, 3.63) is 83.9 Å². The Balaban J connectivity index is 1.64. The van der Waals surface area contributed by atoms with Crippen molar-refractivity contribution in [1.29, 1.82) is 0 Å². The fourth-order valence-corrected chi connectivity index (χ4v) is 3.78. The number of nitrogens with zero attached hydrogens (tertiary/aromatic N) is 1. The van der Waals surface area contributed by atoms with Gasteiger partial charge in [0.25, 0.3) is 0 Å². The number of morpholine rings is 1. The minimum absolute atomic E-state index is 0.270. The molecule has 1 unspecified atom stereocenters. The number of fused-ring (bicyclic) bond motifs is 1. The van der Waals surface area contributed by atoms with Crippen LogP contribution in [0.2, 0.25) is 0 Å². The molecule has 0 saturated carbocycles. The second-order valence-electron chi connectivity index (χ2n) is 6.80. The van der Waals surface area contributed by atoms with Crippen molar-refractivity contribution < 1.29 is 4.74 Å². The van der Waals surface area contributed by atoms with E-state index in [4.69, 9.17) is 4.74 Å². The van der Waals surface area contributed by atoms with Crippen molar-refractivity contribution in [2.45, 2.75) is 19.1 Å². The van der Waals surface area contributed by atoms with Gasteiger partial charge in [0.1, 0.15) is 5.60 Å². The topological polar surface area (TPSA) is 12.5 Å². The van der Waals surface area contributed by atoms with Crippen LogP contribution in [-0.2, 0) is 16.9 Å². The quantitative estimate of drug-likeness (QED) is 0.700. The zero-order valence-electron chi connectivity index (χ0n) is 14.1. The van der Waals surface area contributed by atoms with Gasteiger partial charge in [-0.1, -0.05) is 72.8 Å². The third-order valence-electron chi connectivity index (χ3n) is 4.96. The lowest BCUT2D eigenvalue weighted by Crippen LogP contribution is -2.47. The fourth-order valence-electron chi connectivity index (χ4n) is 3.78. The molecule has 24 heavy (non-hydrogen) atoms. The third-order valence-corrected chi connectivity index (χ3v) is 4.96. The molecular weight excluding hydrogens is 294 g/mol. The Morgan fingerprint density at radius 3 is 2.54 bits per heavy atom. The number of rotatable bonds is 3. The Hall–Kier alpha value is -2.16. The molecule has 1 saturated heterocycles. The zero-order valence-corrected chi connectivity index (χ0v) is 14.1. The fraction of sp³-hybridized carbons (Fsp3) is 0.273. The molecule has 3 aromatic carbocycles. The van der Waals surface area contributed by atoms with E-state index in [1.807, 2.05) is 0 Å². The van der Waals surface area contributed by atoms with Gasteiger partial charge in [0.15, 0.2) is 0 Å². The normalized spacial score (nSPS) is 21.9. The highest BCUT2D eigenvalue weighted by Crippen LogP contribution is 2.34. The highest BCUT2D eigenvalue weighted by Gasteiger charge is 2.34. The summed E-state index contributed by atoms with van der Waals surface area (Å²) in [6.45, 7) is 5.87. The van der Waals surface area contributed by atoms with E-state index in [-0.39, 0.29) is 5.60 Å². The standard InChI is InChI=1S/C22H23NO/c1-22(21-13-7-11-19-10-5-6-12-20(19)21)17-23(14-15-24-22)16-18-8-3-2-4-9-18/h2-13H,14-17H2,1H3. The largest absolute Gasteiger partial charge is 0.368 e. The van der Waals surface area contributed by atoms with Crippen molar-refractivity contribution in [1.82, 2.24) is 4.90 Å². The number of hydrogen-bond donors (Lipinski definition) is 0. The van der Waals surface area contributed by atoms with Gasteiger partial charge in [0.05, 0.1) is 6.61 Å². The van der Waals surface area contributed by atoms with Crippen LogP contribution in [0, 0.1) is 0 Å². The second-order valence-corrected chi connectivity index (χ2v) is 6.80. The summed E-state index contributed by atoms with van der Waals surface area (Å²) in [7, 11) is 0. The van der Waals surface area contributed by atoms with Gasteiger partial charge >= 0.3 is 0 Å². The monoisotopic (exact) mass is 317 g/mol. The first-order valence-corrected chi connectivity index (χ1v) is 8.63. The second kappa shape index (κ2) is 6.39. The maximum absolute atomic E-state index is 6.29. The molecule has 0 spiro atoms. The molecule has 1 atom stereocenters. The van der Waals surface area contributed by atoms with Crippen molar-refractivity contribution in [3.8, 4) is 0 Å². The molecule has 122 valence electrons. The van der Waals surface area contributed by atoms with Crippen molar-refractivity contribution in [3.63, 3.8) is 0 Å². The maximum atomic E-state index is 6.29. The number of ether oxygens (including phenoxy) is 1. The predicted molar refractivity (Wildman–Crippen MR) is 99.0 cm³/mol. The highest BCUT2D eigenvalue weighted by molar-refractivity contribution is 5.86. The molecule has 3 aromatic rings. The van der Waals surface area contributed by atoms with Gasteiger partial charge in [-0.05, 0) is 28.8 Å². The number of benzene rings is 3. The van der Waals surface area contributed by atoms with E-state index in [0.717, 1.165) is 26.2 Å². The van der Waals surface area contributed by atoms with E-state index in [2.05, 4.69) is 84.6 Å². The SMILES string of the molecule is CC1(c2cccc3ccccc23)CN(Cc2ccccc2)CCO1. The summed E-state index contributed by atoms with van der Waals surface area (Å²) < 4.78 is 6.29. The Morgan fingerprint density at radius 2 is 1.67 bits per heavy atom. The van der Waals surface area contributed by atoms with E-state index < -0.39 is 0 Å². The molecule has 1 fully saturated rings. The van der Waals surface area contributed by atoms with Crippen LogP contribution in [-0.4, -0.2) is 24.6 Å². The summed E-state index contributed by atoms with van der Waals surface area (Å²) in [6, 6.07) is 25.8. The molecule has 0 aliphatic carbocycles. The predicted octanol–water partition coefficient (Wildman–Crippen LogP) is 4.59. The molecule has 2 nitrogen and oxygen atoms in total. The zero-order chi connectivity index (χ0) is 16.4. The molecular formula is C22H23NO. The molecule has 1 aliphatic heterocycles. The van der Waals surface area contributed by atoms with E-state index in [9.17, 15) is 0 Å². The van der Waals surface area contributed by atoms with Crippen molar-refractivity contribution >= 4 is 10.8 Å². The first-order valence-electron chi connectivity index (χ1n) is 8.63. The lowest BCUT2D eigenvalue weighted by Gasteiger charge is -2.41. The van der Waals surface area contributed by atoms with Crippen LogP contribution in [0.5, 0.6) is 0 Å². The third kappa shape index (κ3) is 2.95. The summed E-state index contributed by atoms with van der Waals surface area (Å²) in [5, 5.41) is 2.57. The Bertz CT molecular complexity index is 824. The van der Waals surface area contributed by atoms with Crippen LogP contribution >= 0.6 is 0 Å². The average Bonchev–Trinajstić information content (AvgIpc) is 2.62.